The third-order valence-electron chi connectivity index (χ3n) is 2.69. The van der Waals surface area contributed by atoms with Crippen molar-refractivity contribution < 1.29 is 0 Å². The van der Waals surface area contributed by atoms with Gasteiger partial charge in [0, 0.05) is 4.87 Å². The van der Waals surface area contributed by atoms with E-state index in [-0.39, 0.29) is 4.87 Å². The molecule has 0 fully saturated rings. The summed E-state index contributed by atoms with van der Waals surface area (Å²) in [6.45, 7) is 4.08. The van der Waals surface area contributed by atoms with Gasteiger partial charge in [0.05, 0.1) is 0 Å². The highest BCUT2D eigenvalue weighted by molar-refractivity contribution is 6.23. The fraction of sp³-hybridized carbons (Fsp3) is 0.250. The Labute approximate surface area is 108 Å². The van der Waals surface area contributed by atoms with Crippen LogP contribution in [0.3, 0.4) is 0 Å². The van der Waals surface area contributed by atoms with Crippen molar-refractivity contribution in [3.63, 3.8) is 0 Å². The Hall–Kier alpha value is -1.27. The Bertz CT molecular complexity index is 463. The van der Waals surface area contributed by atoms with Gasteiger partial charge in [-0.1, -0.05) is 54.6 Å². The predicted octanol–water partition coefficient (Wildman–Crippen LogP) is 4.91. The Morgan fingerprint density at radius 3 is 1.88 bits per heavy atom. The normalized spacial score (nSPS) is 11.5. The van der Waals surface area contributed by atoms with Crippen LogP contribution in [0.5, 0.6) is 0 Å². The molecule has 0 aliphatic heterocycles. The van der Waals surface area contributed by atoms with Gasteiger partial charge in [-0.05, 0) is 37.0 Å². The van der Waals surface area contributed by atoms with Gasteiger partial charge >= 0.3 is 0 Å². The maximum atomic E-state index is 6.22. The molecule has 0 nitrogen and oxygen atoms in total. The summed E-state index contributed by atoms with van der Waals surface area (Å²) >= 11 is 6.22. The Morgan fingerprint density at radius 2 is 1.35 bits per heavy atom. The maximum Gasteiger partial charge on any atom is 0.0430 e. The van der Waals surface area contributed by atoms with E-state index in [2.05, 4.69) is 48.5 Å². The van der Waals surface area contributed by atoms with Crippen LogP contribution < -0.4 is 0 Å². The SMILES string of the molecule is CC(C)(Cl)Cc1ccc(-c2ccccc2)cc1. The molecule has 2 aromatic rings. The van der Waals surface area contributed by atoms with E-state index in [1.165, 1.54) is 16.7 Å². The molecule has 0 saturated heterocycles. The minimum Gasteiger partial charge on any atom is -0.120 e. The van der Waals surface area contributed by atoms with E-state index in [4.69, 9.17) is 11.6 Å². The predicted molar refractivity (Wildman–Crippen MR) is 75.5 cm³/mol. The molecule has 2 aromatic carbocycles. The summed E-state index contributed by atoms with van der Waals surface area (Å²) in [5.74, 6) is 0. The van der Waals surface area contributed by atoms with Gasteiger partial charge in [-0.15, -0.1) is 11.6 Å². The van der Waals surface area contributed by atoms with Crippen LogP contribution in [-0.4, -0.2) is 4.87 Å². The van der Waals surface area contributed by atoms with Crippen molar-refractivity contribution in [2.45, 2.75) is 25.1 Å². The smallest absolute Gasteiger partial charge is 0.0430 e. The zero-order valence-corrected chi connectivity index (χ0v) is 11.0. The first-order valence-electron chi connectivity index (χ1n) is 5.88. The van der Waals surface area contributed by atoms with Crippen LogP contribution in [0, 0.1) is 0 Å². The van der Waals surface area contributed by atoms with Gasteiger partial charge in [0.25, 0.3) is 0 Å². The first-order valence-corrected chi connectivity index (χ1v) is 6.26. The second kappa shape index (κ2) is 4.93. The summed E-state index contributed by atoms with van der Waals surface area (Å²) in [4.78, 5) is -0.172. The molecule has 0 radical (unpaired) electrons. The highest BCUT2D eigenvalue weighted by atomic mass is 35.5. The number of halogens is 1. The van der Waals surface area contributed by atoms with E-state index >= 15 is 0 Å². The molecule has 2 rings (SSSR count). The molecule has 88 valence electrons. The first-order chi connectivity index (χ1) is 8.04. The van der Waals surface area contributed by atoms with Gasteiger partial charge in [0.2, 0.25) is 0 Å². The molecular weight excluding hydrogens is 228 g/mol. The van der Waals surface area contributed by atoms with E-state index in [0.717, 1.165) is 6.42 Å². The van der Waals surface area contributed by atoms with E-state index < -0.39 is 0 Å². The van der Waals surface area contributed by atoms with Crippen LogP contribution in [0.25, 0.3) is 11.1 Å². The fourth-order valence-electron chi connectivity index (χ4n) is 1.93. The summed E-state index contributed by atoms with van der Waals surface area (Å²) in [6.07, 6.45) is 0.892. The van der Waals surface area contributed by atoms with Crippen LogP contribution in [-0.2, 0) is 6.42 Å². The Kier molecular flexibility index (Phi) is 3.54. The lowest BCUT2D eigenvalue weighted by atomic mass is 9.99. The average molecular weight is 245 g/mol. The molecule has 17 heavy (non-hydrogen) atoms. The second-order valence-corrected chi connectivity index (χ2v) is 5.98. The van der Waals surface area contributed by atoms with Gasteiger partial charge in [0.1, 0.15) is 0 Å². The lowest BCUT2D eigenvalue weighted by molar-refractivity contribution is 0.694. The van der Waals surface area contributed by atoms with Crippen LogP contribution in [0.15, 0.2) is 54.6 Å². The van der Waals surface area contributed by atoms with Crippen molar-refractivity contribution in [2.75, 3.05) is 0 Å². The van der Waals surface area contributed by atoms with Crippen molar-refractivity contribution in [1.29, 1.82) is 0 Å². The average Bonchev–Trinajstić information content (AvgIpc) is 2.29. The molecule has 1 heteroatoms. The molecule has 0 aliphatic carbocycles. The number of benzene rings is 2. The third kappa shape index (κ3) is 3.61. The molecule has 0 heterocycles. The summed E-state index contributed by atoms with van der Waals surface area (Å²) in [5, 5.41) is 0. The van der Waals surface area contributed by atoms with Crippen LogP contribution in [0.4, 0.5) is 0 Å². The van der Waals surface area contributed by atoms with E-state index in [9.17, 15) is 0 Å². The number of rotatable bonds is 3. The van der Waals surface area contributed by atoms with Crippen LogP contribution >= 0.6 is 11.6 Å². The number of hydrogen-bond donors (Lipinski definition) is 0. The second-order valence-electron chi connectivity index (χ2n) is 4.96. The lowest BCUT2D eigenvalue weighted by Gasteiger charge is -2.15. The molecule has 0 atom stereocenters. The quantitative estimate of drug-likeness (QED) is 0.673. The Morgan fingerprint density at radius 1 is 0.824 bits per heavy atom. The standard InChI is InChI=1S/C16H17Cl/c1-16(2,17)12-13-8-10-15(11-9-13)14-6-4-3-5-7-14/h3-11H,12H2,1-2H3. The largest absolute Gasteiger partial charge is 0.120 e. The number of alkyl halides is 1. The minimum atomic E-state index is -0.172. The van der Waals surface area contributed by atoms with Crippen molar-refractivity contribution in [3.8, 4) is 11.1 Å². The highest BCUT2D eigenvalue weighted by Gasteiger charge is 2.13. The third-order valence-corrected chi connectivity index (χ3v) is 2.82. The lowest BCUT2D eigenvalue weighted by Crippen LogP contribution is -2.13. The molecule has 0 amide bonds. The van der Waals surface area contributed by atoms with Gasteiger partial charge < -0.3 is 0 Å². The molecular formula is C16H17Cl. The molecule has 0 aliphatic rings. The topological polar surface area (TPSA) is 0 Å². The summed E-state index contributed by atoms with van der Waals surface area (Å²) in [5.41, 5.74) is 3.79. The maximum absolute atomic E-state index is 6.22. The first kappa shape index (κ1) is 12.2. The van der Waals surface area contributed by atoms with E-state index in [1.54, 1.807) is 0 Å². The van der Waals surface area contributed by atoms with Crippen LogP contribution in [0.1, 0.15) is 19.4 Å². The molecule has 0 N–H and O–H groups in total. The van der Waals surface area contributed by atoms with E-state index in [0.29, 0.717) is 0 Å². The van der Waals surface area contributed by atoms with Gasteiger partial charge in [-0.2, -0.15) is 0 Å². The van der Waals surface area contributed by atoms with Crippen molar-refractivity contribution in [1.82, 2.24) is 0 Å². The van der Waals surface area contributed by atoms with Gasteiger partial charge in [-0.3, -0.25) is 0 Å². The zero-order chi connectivity index (χ0) is 12.3. The fourth-order valence-corrected chi connectivity index (χ4v) is 2.09. The van der Waals surface area contributed by atoms with Crippen molar-refractivity contribution in [3.05, 3.63) is 60.2 Å². The molecule has 0 aromatic heterocycles. The molecule has 0 saturated carbocycles. The number of hydrogen-bond acceptors (Lipinski definition) is 0. The van der Waals surface area contributed by atoms with Crippen molar-refractivity contribution in [2.24, 2.45) is 0 Å². The Balaban J connectivity index is 2.19. The molecule has 0 spiro atoms. The van der Waals surface area contributed by atoms with Crippen LogP contribution in [0.2, 0.25) is 0 Å². The summed E-state index contributed by atoms with van der Waals surface area (Å²) in [7, 11) is 0. The summed E-state index contributed by atoms with van der Waals surface area (Å²) in [6, 6.07) is 19.0. The van der Waals surface area contributed by atoms with E-state index in [1.807, 2.05) is 19.9 Å². The van der Waals surface area contributed by atoms with Gasteiger partial charge in [0.15, 0.2) is 0 Å². The minimum absolute atomic E-state index is 0.172. The monoisotopic (exact) mass is 244 g/mol. The molecule has 0 unspecified atom stereocenters. The highest BCUT2D eigenvalue weighted by Crippen LogP contribution is 2.23. The zero-order valence-electron chi connectivity index (χ0n) is 10.3. The summed E-state index contributed by atoms with van der Waals surface area (Å²) < 4.78 is 0. The van der Waals surface area contributed by atoms with Crippen molar-refractivity contribution >= 4 is 11.6 Å². The molecule has 0 bridgehead atoms. The van der Waals surface area contributed by atoms with Gasteiger partial charge in [-0.25, -0.2) is 0 Å².